The molecule has 1 heterocycles. The second kappa shape index (κ2) is 3.29. The second-order valence-electron chi connectivity index (χ2n) is 3.68. The van der Waals surface area contributed by atoms with Gasteiger partial charge in [-0.2, -0.15) is 0 Å². The van der Waals surface area contributed by atoms with Crippen molar-refractivity contribution in [2.75, 3.05) is 17.6 Å². The van der Waals surface area contributed by atoms with Crippen molar-refractivity contribution < 1.29 is 0 Å². The highest BCUT2D eigenvalue weighted by atomic mass is 14.9. The molecule has 0 bridgehead atoms. The number of fused-ring (bicyclic) bond motifs is 1. The molecule has 1 unspecified atom stereocenters. The molecular weight excluding hydrogens is 160 g/mol. The van der Waals surface area contributed by atoms with Gasteiger partial charge in [0.1, 0.15) is 0 Å². The van der Waals surface area contributed by atoms with Crippen LogP contribution >= 0.6 is 0 Å². The summed E-state index contributed by atoms with van der Waals surface area (Å²) in [7, 11) is 0. The number of hydrogen-bond donors (Lipinski definition) is 2. The molecule has 1 aliphatic heterocycles. The van der Waals surface area contributed by atoms with E-state index in [4.69, 9.17) is 5.73 Å². The van der Waals surface area contributed by atoms with E-state index < -0.39 is 0 Å². The van der Waals surface area contributed by atoms with Crippen molar-refractivity contribution in [3.8, 4) is 0 Å². The lowest BCUT2D eigenvalue weighted by atomic mass is 9.96. The Bertz CT molecular complexity index is 307. The minimum atomic E-state index is 0.670. The number of rotatable bonds is 2. The first kappa shape index (κ1) is 8.42. The first-order chi connectivity index (χ1) is 6.33. The van der Waals surface area contributed by atoms with Gasteiger partial charge in [-0.1, -0.05) is 25.5 Å². The number of anilines is 2. The maximum Gasteiger partial charge on any atom is 0.0610 e. The zero-order valence-corrected chi connectivity index (χ0v) is 8.01. The summed E-state index contributed by atoms with van der Waals surface area (Å²) in [5, 5.41) is 3.38. The highest BCUT2D eigenvalue weighted by Crippen LogP contribution is 2.37. The summed E-state index contributed by atoms with van der Waals surface area (Å²) in [5.41, 5.74) is 9.33. The molecule has 0 aromatic heterocycles. The van der Waals surface area contributed by atoms with Gasteiger partial charge in [-0.3, -0.25) is 0 Å². The normalized spacial score (nSPS) is 19.6. The first-order valence-corrected chi connectivity index (χ1v) is 4.95. The van der Waals surface area contributed by atoms with Crippen LogP contribution in [0.1, 0.15) is 31.2 Å². The molecule has 0 saturated heterocycles. The third kappa shape index (κ3) is 1.37. The summed E-state index contributed by atoms with van der Waals surface area (Å²) >= 11 is 0. The summed E-state index contributed by atoms with van der Waals surface area (Å²) in [6.07, 6.45) is 2.49. The van der Waals surface area contributed by atoms with E-state index >= 15 is 0 Å². The van der Waals surface area contributed by atoms with E-state index in [0.717, 1.165) is 12.2 Å². The zero-order valence-electron chi connectivity index (χ0n) is 8.01. The third-order valence-corrected chi connectivity index (χ3v) is 2.73. The van der Waals surface area contributed by atoms with Gasteiger partial charge < -0.3 is 11.1 Å². The predicted octanol–water partition coefficient (Wildman–Crippen LogP) is 2.58. The number of para-hydroxylation sites is 1. The van der Waals surface area contributed by atoms with Crippen molar-refractivity contribution in [2.45, 2.75) is 25.7 Å². The van der Waals surface area contributed by atoms with Gasteiger partial charge in [0.25, 0.3) is 0 Å². The minimum absolute atomic E-state index is 0.670. The fourth-order valence-electron chi connectivity index (χ4n) is 2.07. The van der Waals surface area contributed by atoms with Gasteiger partial charge in [0.05, 0.1) is 11.4 Å². The van der Waals surface area contributed by atoms with Gasteiger partial charge in [-0.25, -0.2) is 0 Å². The Morgan fingerprint density at radius 1 is 1.54 bits per heavy atom. The fraction of sp³-hybridized carbons (Fsp3) is 0.455. The van der Waals surface area contributed by atoms with Crippen LogP contribution in [-0.2, 0) is 0 Å². The SMILES string of the molecule is CCCC1CNc2c(N)cccc21. The van der Waals surface area contributed by atoms with Crippen LogP contribution in [0.15, 0.2) is 18.2 Å². The molecule has 0 saturated carbocycles. The molecule has 1 aromatic rings. The van der Waals surface area contributed by atoms with Crippen LogP contribution in [0.3, 0.4) is 0 Å². The average molecular weight is 176 g/mol. The molecular formula is C11H16N2. The largest absolute Gasteiger partial charge is 0.397 e. The molecule has 3 N–H and O–H groups in total. The van der Waals surface area contributed by atoms with Crippen molar-refractivity contribution in [1.82, 2.24) is 0 Å². The van der Waals surface area contributed by atoms with Crippen LogP contribution < -0.4 is 11.1 Å². The number of nitrogens with two attached hydrogens (primary N) is 1. The first-order valence-electron chi connectivity index (χ1n) is 4.95. The Kier molecular flexibility index (Phi) is 2.13. The van der Waals surface area contributed by atoms with Crippen molar-refractivity contribution in [2.24, 2.45) is 0 Å². The van der Waals surface area contributed by atoms with Crippen LogP contribution in [-0.4, -0.2) is 6.54 Å². The van der Waals surface area contributed by atoms with Gasteiger partial charge in [-0.05, 0) is 18.1 Å². The molecule has 0 spiro atoms. The van der Waals surface area contributed by atoms with Gasteiger partial charge in [0.2, 0.25) is 0 Å². The highest BCUT2D eigenvalue weighted by Gasteiger charge is 2.22. The van der Waals surface area contributed by atoms with Gasteiger partial charge in [0.15, 0.2) is 0 Å². The van der Waals surface area contributed by atoms with Gasteiger partial charge >= 0.3 is 0 Å². The van der Waals surface area contributed by atoms with Crippen molar-refractivity contribution >= 4 is 11.4 Å². The van der Waals surface area contributed by atoms with E-state index in [9.17, 15) is 0 Å². The third-order valence-electron chi connectivity index (χ3n) is 2.73. The topological polar surface area (TPSA) is 38.0 Å². The standard InChI is InChI=1S/C11H16N2/c1-2-4-8-7-13-11-9(8)5-3-6-10(11)12/h3,5-6,8,13H,2,4,7,12H2,1H3. The summed E-state index contributed by atoms with van der Waals surface area (Å²) in [6.45, 7) is 3.28. The summed E-state index contributed by atoms with van der Waals surface area (Å²) in [5.74, 6) is 0.670. The summed E-state index contributed by atoms with van der Waals surface area (Å²) < 4.78 is 0. The Labute approximate surface area is 79.1 Å². The maximum absolute atomic E-state index is 5.87. The molecule has 0 radical (unpaired) electrons. The number of hydrogen-bond acceptors (Lipinski definition) is 2. The number of nitrogens with one attached hydrogen (secondary N) is 1. The van der Waals surface area contributed by atoms with Gasteiger partial charge in [-0.15, -0.1) is 0 Å². The van der Waals surface area contributed by atoms with Gasteiger partial charge in [0, 0.05) is 12.5 Å². The quantitative estimate of drug-likeness (QED) is 0.680. The lowest BCUT2D eigenvalue weighted by Gasteiger charge is -2.07. The monoisotopic (exact) mass is 176 g/mol. The second-order valence-corrected chi connectivity index (χ2v) is 3.68. The van der Waals surface area contributed by atoms with Crippen LogP contribution in [0, 0.1) is 0 Å². The summed E-state index contributed by atoms with van der Waals surface area (Å²) in [4.78, 5) is 0. The van der Waals surface area contributed by atoms with E-state index in [1.54, 1.807) is 0 Å². The van der Waals surface area contributed by atoms with Crippen molar-refractivity contribution in [3.63, 3.8) is 0 Å². The molecule has 0 fully saturated rings. The van der Waals surface area contributed by atoms with Crippen molar-refractivity contribution in [3.05, 3.63) is 23.8 Å². The van der Waals surface area contributed by atoms with Crippen LogP contribution in [0.2, 0.25) is 0 Å². The molecule has 70 valence electrons. The minimum Gasteiger partial charge on any atom is -0.397 e. The van der Waals surface area contributed by atoms with E-state index in [-0.39, 0.29) is 0 Å². The molecule has 13 heavy (non-hydrogen) atoms. The Hall–Kier alpha value is -1.18. The lowest BCUT2D eigenvalue weighted by molar-refractivity contribution is 0.661. The molecule has 2 rings (SSSR count). The molecule has 1 atom stereocenters. The maximum atomic E-state index is 5.87. The van der Waals surface area contributed by atoms with E-state index in [0.29, 0.717) is 5.92 Å². The van der Waals surface area contributed by atoms with Crippen LogP contribution in [0.25, 0.3) is 0 Å². The number of nitrogen functional groups attached to an aromatic ring is 1. The van der Waals surface area contributed by atoms with Crippen LogP contribution in [0.4, 0.5) is 11.4 Å². The fourth-order valence-corrected chi connectivity index (χ4v) is 2.07. The smallest absolute Gasteiger partial charge is 0.0610 e. The molecule has 1 aromatic carbocycles. The molecule has 0 aliphatic carbocycles. The van der Waals surface area contributed by atoms with Crippen molar-refractivity contribution in [1.29, 1.82) is 0 Å². The Morgan fingerprint density at radius 2 is 2.38 bits per heavy atom. The molecule has 2 nitrogen and oxygen atoms in total. The zero-order chi connectivity index (χ0) is 9.26. The highest BCUT2D eigenvalue weighted by molar-refractivity contribution is 5.73. The Balaban J connectivity index is 2.32. The average Bonchev–Trinajstić information content (AvgIpc) is 2.51. The van der Waals surface area contributed by atoms with E-state index in [2.05, 4.69) is 18.3 Å². The number of benzene rings is 1. The lowest BCUT2D eigenvalue weighted by Crippen LogP contribution is -2.00. The predicted molar refractivity (Wildman–Crippen MR) is 57.0 cm³/mol. The summed E-state index contributed by atoms with van der Waals surface area (Å²) in [6, 6.07) is 6.19. The molecule has 0 amide bonds. The molecule has 2 heteroatoms. The van der Waals surface area contributed by atoms with E-state index in [1.165, 1.54) is 24.1 Å². The van der Waals surface area contributed by atoms with E-state index in [1.807, 2.05) is 12.1 Å². The molecule has 1 aliphatic rings. The van der Waals surface area contributed by atoms with Crippen LogP contribution in [0.5, 0.6) is 0 Å². The Morgan fingerprint density at radius 3 is 3.15 bits per heavy atom.